The van der Waals surface area contributed by atoms with Crippen molar-refractivity contribution in [1.29, 1.82) is 0 Å². The topological polar surface area (TPSA) is 187 Å². The van der Waals surface area contributed by atoms with Crippen LogP contribution in [0.1, 0.15) is 39.7 Å². The van der Waals surface area contributed by atoms with Gasteiger partial charge in [0.15, 0.2) is 23.1 Å². The zero-order valence-electron chi connectivity index (χ0n) is 27.3. The summed E-state index contributed by atoms with van der Waals surface area (Å²) >= 11 is -2.69. The number of rotatable bonds is 15. The highest BCUT2D eigenvalue weighted by Gasteiger charge is 2.30. The minimum Gasteiger partial charge on any atom is -0.493 e. The second-order valence-electron chi connectivity index (χ2n) is 12.0. The molecule has 2 aromatic heterocycles. The van der Waals surface area contributed by atoms with Crippen molar-refractivity contribution in [3.63, 3.8) is 0 Å². The SMILES string of the molecule is COc1ccccc1Oc1c(OCCC(=O)OCC(C)(CO)CO)nc(-c2ncccn2)nc1N(c1ccc(C(C)(C)C)cc1)S(=O)O. The van der Waals surface area contributed by atoms with E-state index in [9.17, 15) is 23.8 Å². The van der Waals surface area contributed by atoms with Gasteiger partial charge in [-0.15, -0.1) is 0 Å². The number of esters is 1. The van der Waals surface area contributed by atoms with Gasteiger partial charge in [0.05, 0.1) is 32.4 Å². The molecule has 1 unspecified atom stereocenters. The van der Waals surface area contributed by atoms with Crippen molar-refractivity contribution in [2.24, 2.45) is 5.41 Å². The van der Waals surface area contributed by atoms with Crippen LogP contribution in [0.15, 0.2) is 67.0 Å². The molecule has 1 atom stereocenters. The first kappa shape index (κ1) is 36.1. The molecule has 0 saturated heterocycles. The predicted octanol–water partition coefficient (Wildman–Crippen LogP) is 4.61. The van der Waals surface area contributed by atoms with Crippen LogP contribution in [0.25, 0.3) is 11.6 Å². The standard InChI is InChI=1S/C33H39N5O9S/c1-32(2,3)22-11-13-23(14-12-22)38(48(42)43)30-27(47-25-10-7-6-9-24(25)44-5)31(37-29(36-30)28-34-16-8-17-35-28)45-18-15-26(41)46-21-33(4,19-39)20-40/h6-14,16-17,39-40H,15,18-21H2,1-5H3,(H,42,43). The third-order valence-electron chi connectivity index (χ3n) is 7.07. The van der Waals surface area contributed by atoms with Crippen LogP contribution in [0.2, 0.25) is 0 Å². The van der Waals surface area contributed by atoms with Gasteiger partial charge in [-0.05, 0) is 41.3 Å². The summed E-state index contributed by atoms with van der Waals surface area (Å²) in [5, 5.41) is 19.0. The zero-order valence-corrected chi connectivity index (χ0v) is 28.1. The van der Waals surface area contributed by atoms with Crippen LogP contribution in [-0.2, 0) is 26.2 Å². The molecular weight excluding hydrogens is 642 g/mol. The van der Waals surface area contributed by atoms with Gasteiger partial charge in [-0.25, -0.2) is 23.5 Å². The summed E-state index contributed by atoms with van der Waals surface area (Å²) in [5.41, 5.74) is 0.115. The van der Waals surface area contributed by atoms with Gasteiger partial charge >= 0.3 is 5.97 Å². The van der Waals surface area contributed by atoms with Crippen LogP contribution in [0.4, 0.5) is 11.5 Å². The van der Waals surface area contributed by atoms with Gasteiger partial charge in [-0.2, -0.15) is 4.98 Å². The number of carbonyl (C=O) groups is 1. The van der Waals surface area contributed by atoms with Gasteiger partial charge in [-0.3, -0.25) is 9.35 Å². The van der Waals surface area contributed by atoms with Crippen LogP contribution in [0, 0.1) is 5.41 Å². The van der Waals surface area contributed by atoms with Gasteiger partial charge in [-0.1, -0.05) is 52.0 Å². The van der Waals surface area contributed by atoms with Crippen molar-refractivity contribution in [2.75, 3.05) is 37.8 Å². The lowest BCUT2D eigenvalue weighted by Gasteiger charge is -2.25. The molecule has 4 aromatic rings. The van der Waals surface area contributed by atoms with E-state index in [2.05, 4.69) is 40.7 Å². The van der Waals surface area contributed by atoms with Crippen LogP contribution < -0.4 is 18.5 Å². The average Bonchev–Trinajstić information content (AvgIpc) is 3.08. The molecule has 256 valence electrons. The number of anilines is 2. The average molecular weight is 682 g/mol. The number of aliphatic hydroxyl groups is 2. The number of benzene rings is 2. The maximum atomic E-state index is 13.1. The van der Waals surface area contributed by atoms with E-state index in [4.69, 9.17) is 18.9 Å². The molecule has 0 aliphatic heterocycles. The van der Waals surface area contributed by atoms with E-state index in [0.717, 1.165) is 9.87 Å². The molecule has 0 spiro atoms. The number of ether oxygens (including phenoxy) is 4. The molecule has 0 amide bonds. The highest BCUT2D eigenvalue weighted by Crippen LogP contribution is 2.44. The number of para-hydroxylation sites is 2. The smallest absolute Gasteiger partial charge is 0.309 e. The van der Waals surface area contributed by atoms with Gasteiger partial charge < -0.3 is 29.2 Å². The van der Waals surface area contributed by atoms with Crippen molar-refractivity contribution in [3.8, 4) is 34.8 Å². The molecule has 0 radical (unpaired) electrons. The lowest BCUT2D eigenvalue weighted by Crippen LogP contribution is -2.33. The van der Waals surface area contributed by atoms with Gasteiger partial charge in [0, 0.05) is 17.8 Å². The molecule has 4 rings (SSSR count). The lowest BCUT2D eigenvalue weighted by molar-refractivity contribution is -0.149. The number of hydrogen-bond acceptors (Lipinski definition) is 12. The lowest BCUT2D eigenvalue weighted by atomic mass is 9.87. The van der Waals surface area contributed by atoms with Gasteiger partial charge in [0.2, 0.25) is 11.6 Å². The van der Waals surface area contributed by atoms with E-state index in [1.165, 1.54) is 19.5 Å². The molecule has 0 aliphatic rings. The zero-order chi connectivity index (χ0) is 34.9. The summed E-state index contributed by atoms with van der Waals surface area (Å²) in [6.07, 6.45) is 2.73. The fraction of sp³-hybridized carbons (Fsp3) is 0.364. The first-order chi connectivity index (χ1) is 22.9. The molecular formula is C33H39N5O9S. The maximum absolute atomic E-state index is 13.1. The second kappa shape index (κ2) is 15.9. The second-order valence-corrected chi connectivity index (χ2v) is 12.9. The monoisotopic (exact) mass is 681 g/mol. The number of carbonyl (C=O) groups excluding carboxylic acids is 1. The van der Waals surface area contributed by atoms with E-state index in [1.54, 1.807) is 49.4 Å². The van der Waals surface area contributed by atoms with E-state index in [0.29, 0.717) is 11.4 Å². The Balaban J connectivity index is 1.83. The van der Waals surface area contributed by atoms with E-state index < -0.39 is 22.7 Å². The minimum absolute atomic E-state index is 0.0565. The highest BCUT2D eigenvalue weighted by atomic mass is 32.2. The van der Waals surface area contributed by atoms with Crippen LogP contribution in [0.3, 0.4) is 0 Å². The Hall–Kier alpha value is -4.70. The Morgan fingerprint density at radius 2 is 1.54 bits per heavy atom. The quantitative estimate of drug-likeness (QED) is 0.117. The Morgan fingerprint density at radius 1 is 0.896 bits per heavy atom. The summed E-state index contributed by atoms with van der Waals surface area (Å²) in [5.74, 6) is -0.589. The first-order valence-corrected chi connectivity index (χ1v) is 16.0. The molecule has 2 aromatic carbocycles. The minimum atomic E-state index is -2.69. The summed E-state index contributed by atoms with van der Waals surface area (Å²) < 4.78 is 47.8. The Bertz CT molecular complexity index is 1700. The fourth-order valence-corrected chi connectivity index (χ4v) is 4.73. The molecule has 2 heterocycles. The molecule has 14 nitrogen and oxygen atoms in total. The molecule has 0 fully saturated rings. The van der Waals surface area contributed by atoms with Crippen molar-refractivity contribution >= 4 is 28.7 Å². The van der Waals surface area contributed by atoms with E-state index in [-0.39, 0.29) is 73.1 Å². The van der Waals surface area contributed by atoms with Gasteiger partial charge in [0.1, 0.15) is 13.2 Å². The fourth-order valence-electron chi connectivity index (χ4n) is 4.15. The third-order valence-corrected chi connectivity index (χ3v) is 7.77. The number of methoxy groups -OCH3 is 1. The molecule has 3 N–H and O–H groups in total. The number of hydrogen-bond donors (Lipinski definition) is 3. The predicted molar refractivity (Wildman–Crippen MR) is 178 cm³/mol. The molecule has 15 heteroatoms. The van der Waals surface area contributed by atoms with Crippen LogP contribution >= 0.6 is 0 Å². The Morgan fingerprint density at radius 3 is 2.12 bits per heavy atom. The largest absolute Gasteiger partial charge is 0.493 e. The Labute approximate surface area is 281 Å². The number of aliphatic hydroxyl groups excluding tert-OH is 2. The normalized spacial score (nSPS) is 12.2. The van der Waals surface area contributed by atoms with E-state index in [1.807, 2.05) is 12.1 Å². The third kappa shape index (κ3) is 9.01. The van der Waals surface area contributed by atoms with Gasteiger partial charge in [0.25, 0.3) is 17.1 Å². The van der Waals surface area contributed by atoms with E-state index >= 15 is 0 Å². The van der Waals surface area contributed by atoms with Crippen molar-refractivity contribution in [3.05, 3.63) is 72.6 Å². The van der Waals surface area contributed by atoms with Crippen LogP contribution in [-0.4, -0.2) is 78.4 Å². The summed E-state index contributed by atoms with van der Waals surface area (Å²) in [7, 11) is 1.46. The van der Waals surface area contributed by atoms with Crippen molar-refractivity contribution < 1.29 is 42.7 Å². The first-order valence-electron chi connectivity index (χ1n) is 14.9. The number of aromatic nitrogens is 4. The maximum Gasteiger partial charge on any atom is 0.309 e. The Kier molecular flexibility index (Phi) is 12.0. The van der Waals surface area contributed by atoms with Crippen molar-refractivity contribution in [1.82, 2.24) is 19.9 Å². The summed E-state index contributed by atoms with van der Waals surface area (Å²) in [6, 6.07) is 15.4. The molecule has 0 saturated carbocycles. The number of nitrogens with zero attached hydrogens (tertiary/aromatic N) is 5. The van der Waals surface area contributed by atoms with Crippen molar-refractivity contribution in [2.45, 2.75) is 39.5 Å². The molecule has 0 bridgehead atoms. The molecule has 0 aliphatic carbocycles. The molecule has 48 heavy (non-hydrogen) atoms. The summed E-state index contributed by atoms with van der Waals surface area (Å²) in [4.78, 5) is 30.1. The summed E-state index contributed by atoms with van der Waals surface area (Å²) in [6.45, 7) is 6.50. The van der Waals surface area contributed by atoms with Crippen LogP contribution in [0.5, 0.6) is 23.1 Å². The highest BCUT2D eigenvalue weighted by molar-refractivity contribution is 7.81.